The zero-order valence-corrected chi connectivity index (χ0v) is 31.8. The van der Waals surface area contributed by atoms with Gasteiger partial charge in [-0.3, -0.25) is 4.68 Å². The number of nitrogens with zero attached hydrogens (tertiary/aromatic N) is 4. The third-order valence-electron chi connectivity index (χ3n) is 9.39. The summed E-state index contributed by atoms with van der Waals surface area (Å²) < 4.78 is 10.7. The predicted octanol–water partition coefficient (Wildman–Crippen LogP) is 11.4. The topological polar surface area (TPSA) is 44.9 Å². The van der Waals surface area contributed by atoms with Gasteiger partial charge in [0.25, 0.3) is 0 Å². The number of unbranched alkanes of at least 4 members (excludes halogenated alkanes) is 2. The van der Waals surface area contributed by atoms with Crippen molar-refractivity contribution in [2.75, 3.05) is 0 Å². The Morgan fingerprint density at radius 2 is 1.58 bits per heavy atom. The second kappa shape index (κ2) is 15.6. The summed E-state index contributed by atoms with van der Waals surface area (Å²) in [6.07, 6.45) is 8.82. The van der Waals surface area contributed by atoms with E-state index in [0.29, 0.717) is 17.4 Å². The van der Waals surface area contributed by atoms with Crippen LogP contribution in [0.1, 0.15) is 69.0 Å². The maximum Gasteiger partial charge on any atom is 2.00 e. The normalized spacial score (nSPS) is 11.4. The molecule has 50 heavy (non-hydrogen) atoms. The van der Waals surface area contributed by atoms with Crippen LogP contribution in [0.25, 0.3) is 44.4 Å². The van der Waals surface area contributed by atoms with Crippen LogP contribution in [0.3, 0.4) is 0 Å². The second-order valence-corrected chi connectivity index (χ2v) is 13.5. The van der Waals surface area contributed by atoms with Crippen molar-refractivity contribution < 1.29 is 25.8 Å². The predicted molar refractivity (Wildman–Crippen MR) is 201 cm³/mol. The molecule has 0 aliphatic carbocycles. The third-order valence-corrected chi connectivity index (χ3v) is 9.39. The summed E-state index contributed by atoms with van der Waals surface area (Å²) in [5.41, 5.74) is 9.90. The quantitative estimate of drug-likeness (QED) is 0.0909. The molecule has 0 atom stereocenters. The minimum Gasteiger partial charge on any atom is -0.509 e. The van der Waals surface area contributed by atoms with Crippen molar-refractivity contribution in [3.05, 3.63) is 132 Å². The average molecular weight is 840 g/mol. The Hall–Kier alpha value is -4.47. The number of aryl methyl sites for hydroxylation is 3. The maximum atomic E-state index is 6.49. The molecule has 3 heterocycles. The Labute approximate surface area is 310 Å². The van der Waals surface area contributed by atoms with Crippen LogP contribution < -0.4 is 4.74 Å². The number of rotatable bonds is 12. The molecule has 7 rings (SSSR count). The minimum atomic E-state index is 0. The fraction of sp³-hybridized carbons (Fsp3) is 0.273. The van der Waals surface area contributed by atoms with Gasteiger partial charge in [-0.1, -0.05) is 81.6 Å². The van der Waals surface area contributed by atoms with Crippen LogP contribution >= 0.6 is 0 Å². The van der Waals surface area contributed by atoms with Gasteiger partial charge in [-0.05, 0) is 91.4 Å². The van der Waals surface area contributed by atoms with Crippen LogP contribution in [0.2, 0.25) is 0 Å². The van der Waals surface area contributed by atoms with Gasteiger partial charge in [0.2, 0.25) is 0 Å². The van der Waals surface area contributed by atoms with E-state index >= 15 is 0 Å². The van der Waals surface area contributed by atoms with Crippen molar-refractivity contribution >= 4 is 21.8 Å². The van der Waals surface area contributed by atoms with E-state index in [2.05, 4.69) is 112 Å². The van der Waals surface area contributed by atoms with Crippen molar-refractivity contribution in [2.24, 2.45) is 5.92 Å². The van der Waals surface area contributed by atoms with Gasteiger partial charge in [-0.15, -0.1) is 35.7 Å². The van der Waals surface area contributed by atoms with Crippen LogP contribution in [0.5, 0.6) is 11.5 Å². The molecule has 3 aromatic heterocycles. The van der Waals surface area contributed by atoms with Gasteiger partial charge in [0.15, 0.2) is 0 Å². The Balaban J connectivity index is 0.00000432. The van der Waals surface area contributed by atoms with Crippen molar-refractivity contribution in [1.29, 1.82) is 0 Å². The molecule has 0 bridgehead atoms. The molecule has 0 spiro atoms. The maximum absolute atomic E-state index is 6.49. The fourth-order valence-electron chi connectivity index (χ4n) is 6.84. The first-order valence-corrected chi connectivity index (χ1v) is 17.7. The van der Waals surface area contributed by atoms with E-state index in [0.717, 1.165) is 69.7 Å². The molecule has 0 aliphatic rings. The van der Waals surface area contributed by atoms with Gasteiger partial charge in [-0.2, -0.15) is 17.2 Å². The molecule has 0 amide bonds. The van der Waals surface area contributed by atoms with Gasteiger partial charge >= 0.3 is 21.1 Å². The SMILES string of the molecule is CCCCCc1ccnc(-n2c3[c-]c(Oc4[c-]c(-n5nc(C)c(-c6ccccc6)c5C)ccc4)ccc3c3cc(CCC(C)C)ccc32)c1.[Pt+2]. The van der Waals surface area contributed by atoms with E-state index in [1.807, 2.05) is 41.2 Å². The molecule has 0 saturated heterocycles. The Bertz CT molecular complexity index is 2230. The fourth-order valence-corrected chi connectivity index (χ4v) is 6.84. The number of pyridine rings is 1. The zero-order valence-electron chi connectivity index (χ0n) is 29.6. The molecular weight excluding hydrogens is 796 g/mol. The third kappa shape index (κ3) is 7.35. The summed E-state index contributed by atoms with van der Waals surface area (Å²) in [5, 5.41) is 7.24. The molecule has 0 aliphatic heterocycles. The smallest absolute Gasteiger partial charge is 0.509 e. The van der Waals surface area contributed by atoms with Crippen LogP contribution in [-0.2, 0) is 33.9 Å². The molecule has 7 aromatic rings. The van der Waals surface area contributed by atoms with E-state index in [1.165, 1.54) is 35.8 Å². The van der Waals surface area contributed by atoms with Crippen molar-refractivity contribution in [3.8, 4) is 34.1 Å². The molecule has 5 nitrogen and oxygen atoms in total. The van der Waals surface area contributed by atoms with Crippen LogP contribution in [0.4, 0.5) is 0 Å². The number of hydrogen-bond donors (Lipinski definition) is 0. The van der Waals surface area contributed by atoms with Gasteiger partial charge < -0.3 is 9.30 Å². The number of aromatic nitrogens is 4. The number of ether oxygens (including phenoxy) is 1. The Morgan fingerprint density at radius 3 is 2.38 bits per heavy atom. The first-order valence-electron chi connectivity index (χ1n) is 17.7. The molecular formula is C44H44N4OPt. The van der Waals surface area contributed by atoms with Gasteiger partial charge in [0.1, 0.15) is 5.82 Å². The summed E-state index contributed by atoms with van der Waals surface area (Å²) in [6, 6.07) is 38.9. The summed E-state index contributed by atoms with van der Waals surface area (Å²) in [5.74, 6) is 2.80. The van der Waals surface area contributed by atoms with E-state index < -0.39 is 0 Å². The molecule has 256 valence electrons. The minimum absolute atomic E-state index is 0. The standard InChI is InChI=1S/C44H44N4O.Pt/c1-6-7-9-13-33-24-25-45-43(27-33)47-41-23-20-34(19-18-30(2)3)26-40(41)39-22-21-38(29-42(39)47)49-37-17-12-16-36(28-37)48-32(5)44(31(4)46-48)35-14-10-8-11-15-35;/h8,10-12,14-17,20-27,30H,6-7,9,13,18-19H2,1-5H3;/q-2;+2. The molecule has 6 heteroatoms. The monoisotopic (exact) mass is 839 g/mol. The first-order chi connectivity index (χ1) is 23.9. The molecule has 0 unspecified atom stereocenters. The summed E-state index contributed by atoms with van der Waals surface area (Å²) in [4.78, 5) is 4.88. The van der Waals surface area contributed by atoms with Crippen molar-refractivity contribution in [1.82, 2.24) is 19.3 Å². The Morgan fingerprint density at radius 1 is 0.780 bits per heavy atom. The average Bonchev–Trinajstić information content (AvgIpc) is 3.60. The number of fused-ring (bicyclic) bond motifs is 3. The molecule has 4 aromatic carbocycles. The van der Waals surface area contributed by atoms with Gasteiger partial charge in [0.05, 0.1) is 5.69 Å². The molecule has 0 saturated carbocycles. The summed E-state index contributed by atoms with van der Waals surface area (Å²) in [6.45, 7) is 11.0. The van der Waals surface area contributed by atoms with Crippen LogP contribution in [-0.4, -0.2) is 19.3 Å². The van der Waals surface area contributed by atoms with Crippen molar-refractivity contribution in [2.45, 2.75) is 73.1 Å². The molecule has 0 fully saturated rings. The molecule has 0 N–H and O–H groups in total. The van der Waals surface area contributed by atoms with Gasteiger partial charge in [0, 0.05) is 34.5 Å². The molecule has 0 radical (unpaired) electrons. The first kappa shape index (κ1) is 35.4. The Kier molecular flexibility index (Phi) is 11.0. The van der Waals surface area contributed by atoms with Gasteiger partial charge in [-0.25, -0.2) is 4.98 Å². The van der Waals surface area contributed by atoms with Crippen molar-refractivity contribution in [3.63, 3.8) is 0 Å². The van der Waals surface area contributed by atoms with E-state index in [1.54, 1.807) is 0 Å². The van der Waals surface area contributed by atoms with E-state index in [-0.39, 0.29) is 21.1 Å². The zero-order chi connectivity index (χ0) is 33.9. The summed E-state index contributed by atoms with van der Waals surface area (Å²) in [7, 11) is 0. The van der Waals surface area contributed by atoms with E-state index in [4.69, 9.17) is 14.8 Å². The van der Waals surface area contributed by atoms with Crippen LogP contribution in [0, 0.1) is 31.9 Å². The number of hydrogen-bond acceptors (Lipinski definition) is 3. The second-order valence-electron chi connectivity index (χ2n) is 13.5. The summed E-state index contributed by atoms with van der Waals surface area (Å²) >= 11 is 0. The largest absolute Gasteiger partial charge is 2.00 e. The number of benzene rings is 4. The van der Waals surface area contributed by atoms with Crippen LogP contribution in [0.15, 0.2) is 97.2 Å². The van der Waals surface area contributed by atoms with E-state index in [9.17, 15) is 0 Å².